The van der Waals surface area contributed by atoms with Gasteiger partial charge in [-0.05, 0) is 32.7 Å². The Morgan fingerprint density at radius 1 is 1.30 bits per heavy atom. The summed E-state index contributed by atoms with van der Waals surface area (Å²) in [7, 11) is 0. The van der Waals surface area contributed by atoms with E-state index in [0.29, 0.717) is 6.04 Å². The third kappa shape index (κ3) is 3.40. The lowest BCUT2D eigenvalue weighted by Gasteiger charge is -2.32. The number of nitrogens with one attached hydrogen (secondary N) is 2. The number of nitrogens with zero attached hydrogens (tertiary/aromatic N) is 1. The minimum absolute atomic E-state index is 0.116. The molecule has 0 aromatic carbocycles. The Hall–Kier alpha value is -1.34. The number of amides is 2. The Labute approximate surface area is 118 Å². The van der Waals surface area contributed by atoms with Crippen LogP contribution in [0.4, 0.5) is 4.79 Å². The zero-order valence-corrected chi connectivity index (χ0v) is 11.8. The van der Waals surface area contributed by atoms with E-state index < -0.39 is 17.6 Å². The maximum absolute atomic E-state index is 11.8. The number of fused-ring (bicyclic) bond motifs is 1. The number of hydrogen-bond donors (Lipinski definition) is 4. The number of carboxylic acids is 1. The number of piperidine rings is 1. The molecule has 3 atom stereocenters. The van der Waals surface area contributed by atoms with Gasteiger partial charge in [-0.1, -0.05) is 6.42 Å². The van der Waals surface area contributed by atoms with E-state index in [-0.39, 0.29) is 12.6 Å². The van der Waals surface area contributed by atoms with Crippen LogP contribution in [0.2, 0.25) is 0 Å². The summed E-state index contributed by atoms with van der Waals surface area (Å²) in [5.74, 6) is -1.35. The second-order valence-electron chi connectivity index (χ2n) is 5.90. The van der Waals surface area contributed by atoms with E-state index in [1.54, 1.807) is 0 Å². The van der Waals surface area contributed by atoms with Crippen molar-refractivity contribution in [3.8, 4) is 0 Å². The van der Waals surface area contributed by atoms with Crippen LogP contribution < -0.4 is 10.6 Å². The summed E-state index contributed by atoms with van der Waals surface area (Å²) < 4.78 is 0. The van der Waals surface area contributed by atoms with Crippen LogP contribution in [0, 0.1) is 0 Å². The first kappa shape index (κ1) is 15.1. The summed E-state index contributed by atoms with van der Waals surface area (Å²) in [6, 6.07) is 0.100. The van der Waals surface area contributed by atoms with Crippen LogP contribution in [-0.4, -0.2) is 64.4 Å². The molecule has 7 nitrogen and oxygen atoms in total. The van der Waals surface area contributed by atoms with Gasteiger partial charge in [-0.25, -0.2) is 9.59 Å². The van der Waals surface area contributed by atoms with Crippen molar-refractivity contribution in [3.63, 3.8) is 0 Å². The average Bonchev–Trinajstić information content (AvgIpc) is 2.80. The summed E-state index contributed by atoms with van der Waals surface area (Å²) >= 11 is 0. The summed E-state index contributed by atoms with van der Waals surface area (Å²) in [6.07, 6.45) is 4.43. The van der Waals surface area contributed by atoms with Gasteiger partial charge in [0, 0.05) is 18.6 Å². The molecule has 2 rings (SSSR count). The molecule has 2 aliphatic heterocycles. The average molecular weight is 285 g/mol. The van der Waals surface area contributed by atoms with Crippen molar-refractivity contribution >= 4 is 12.0 Å². The van der Waals surface area contributed by atoms with E-state index in [1.165, 1.54) is 12.8 Å². The van der Waals surface area contributed by atoms with E-state index >= 15 is 0 Å². The summed E-state index contributed by atoms with van der Waals surface area (Å²) in [6.45, 7) is 2.95. The lowest BCUT2D eigenvalue weighted by atomic mass is 9.99. The molecule has 0 radical (unpaired) electrons. The van der Waals surface area contributed by atoms with Crippen LogP contribution in [0.1, 0.15) is 32.6 Å². The van der Waals surface area contributed by atoms with Crippen molar-refractivity contribution in [1.29, 1.82) is 0 Å². The highest BCUT2D eigenvalue weighted by atomic mass is 16.4. The monoisotopic (exact) mass is 285 g/mol. The van der Waals surface area contributed by atoms with Crippen molar-refractivity contribution in [2.75, 3.05) is 19.6 Å². The third-order valence-corrected chi connectivity index (χ3v) is 4.23. The second-order valence-corrected chi connectivity index (χ2v) is 5.90. The van der Waals surface area contributed by atoms with Crippen LogP contribution in [-0.2, 0) is 4.79 Å². The second kappa shape index (κ2) is 5.97. The molecular formula is C13H23N3O4. The highest BCUT2D eigenvalue weighted by molar-refractivity contribution is 5.79. The number of rotatable bonds is 4. The molecule has 0 aromatic heterocycles. The molecule has 2 saturated heterocycles. The molecule has 0 spiro atoms. The van der Waals surface area contributed by atoms with Gasteiger partial charge in [-0.2, -0.15) is 0 Å². The SMILES string of the molecule is CC(O)(CNC(=O)NC1CCN2CCCCC12)C(=O)O. The number of urea groups is 1. The first-order valence-electron chi connectivity index (χ1n) is 7.14. The van der Waals surface area contributed by atoms with E-state index in [1.807, 2.05) is 0 Å². The van der Waals surface area contributed by atoms with Crippen LogP contribution in [0.15, 0.2) is 0 Å². The van der Waals surface area contributed by atoms with Crippen LogP contribution in [0.3, 0.4) is 0 Å². The molecule has 2 heterocycles. The summed E-state index contributed by atoms with van der Waals surface area (Å²) in [5.41, 5.74) is -1.94. The van der Waals surface area contributed by atoms with Crippen molar-refractivity contribution < 1.29 is 19.8 Å². The lowest BCUT2D eigenvalue weighted by molar-refractivity contribution is -0.155. The molecule has 114 valence electrons. The molecule has 0 aliphatic carbocycles. The summed E-state index contributed by atoms with van der Waals surface area (Å²) in [5, 5.41) is 23.6. The number of carboxylic acid groups (broad SMARTS) is 1. The zero-order valence-electron chi connectivity index (χ0n) is 11.8. The Bertz CT molecular complexity index is 386. The van der Waals surface area contributed by atoms with E-state index in [2.05, 4.69) is 15.5 Å². The first-order chi connectivity index (χ1) is 9.40. The Kier molecular flexibility index (Phi) is 4.49. The third-order valence-electron chi connectivity index (χ3n) is 4.23. The van der Waals surface area contributed by atoms with Gasteiger partial charge in [-0.3, -0.25) is 4.90 Å². The Morgan fingerprint density at radius 2 is 2.05 bits per heavy atom. The van der Waals surface area contributed by atoms with Crippen molar-refractivity contribution in [1.82, 2.24) is 15.5 Å². The van der Waals surface area contributed by atoms with Gasteiger partial charge in [0.25, 0.3) is 0 Å². The fourth-order valence-corrected chi connectivity index (χ4v) is 2.96. The normalized spacial score (nSPS) is 29.3. The molecule has 4 N–H and O–H groups in total. The zero-order chi connectivity index (χ0) is 14.8. The Morgan fingerprint density at radius 3 is 2.75 bits per heavy atom. The number of hydrogen-bond acceptors (Lipinski definition) is 4. The highest BCUT2D eigenvalue weighted by Gasteiger charge is 2.36. The van der Waals surface area contributed by atoms with Crippen LogP contribution >= 0.6 is 0 Å². The molecular weight excluding hydrogens is 262 g/mol. The van der Waals surface area contributed by atoms with E-state index in [4.69, 9.17) is 5.11 Å². The fraction of sp³-hybridized carbons (Fsp3) is 0.846. The standard InChI is InChI=1S/C13H23N3O4/c1-13(20,11(17)18)8-14-12(19)15-9-5-7-16-6-3-2-4-10(9)16/h9-10,20H,2-8H2,1H3,(H,17,18)(H2,14,15,19). The maximum atomic E-state index is 11.8. The molecule has 2 amide bonds. The molecule has 7 heteroatoms. The van der Waals surface area contributed by atoms with Crippen molar-refractivity contribution in [3.05, 3.63) is 0 Å². The van der Waals surface area contributed by atoms with Crippen LogP contribution in [0.5, 0.6) is 0 Å². The van der Waals surface area contributed by atoms with Gasteiger partial charge in [0.1, 0.15) is 0 Å². The largest absolute Gasteiger partial charge is 0.479 e. The minimum atomic E-state index is -1.94. The smallest absolute Gasteiger partial charge is 0.337 e. The van der Waals surface area contributed by atoms with Gasteiger partial charge in [0.2, 0.25) is 0 Å². The number of aliphatic carboxylic acids is 1. The molecule has 2 fully saturated rings. The van der Waals surface area contributed by atoms with Crippen molar-refractivity contribution in [2.45, 2.75) is 50.3 Å². The molecule has 0 aromatic rings. The maximum Gasteiger partial charge on any atom is 0.337 e. The van der Waals surface area contributed by atoms with Gasteiger partial charge < -0.3 is 20.8 Å². The predicted molar refractivity (Wildman–Crippen MR) is 72.4 cm³/mol. The quantitative estimate of drug-likeness (QED) is 0.570. The predicted octanol–water partition coefficient (Wildman–Crippen LogP) is -0.252. The van der Waals surface area contributed by atoms with Gasteiger partial charge >= 0.3 is 12.0 Å². The number of carbonyl (C=O) groups excluding carboxylic acids is 1. The van der Waals surface area contributed by atoms with Crippen molar-refractivity contribution in [2.24, 2.45) is 0 Å². The molecule has 2 aliphatic rings. The molecule has 3 unspecified atom stereocenters. The van der Waals surface area contributed by atoms with Crippen LogP contribution in [0.25, 0.3) is 0 Å². The van der Waals surface area contributed by atoms with Gasteiger partial charge in [-0.15, -0.1) is 0 Å². The van der Waals surface area contributed by atoms with E-state index in [0.717, 1.165) is 32.9 Å². The van der Waals surface area contributed by atoms with Gasteiger partial charge in [0.05, 0.1) is 6.54 Å². The topological polar surface area (TPSA) is 102 Å². The number of aliphatic hydroxyl groups is 1. The minimum Gasteiger partial charge on any atom is -0.479 e. The first-order valence-corrected chi connectivity index (χ1v) is 7.14. The highest BCUT2D eigenvalue weighted by Crippen LogP contribution is 2.26. The van der Waals surface area contributed by atoms with Gasteiger partial charge in [0.15, 0.2) is 5.60 Å². The molecule has 20 heavy (non-hydrogen) atoms. The molecule has 0 saturated carbocycles. The lowest BCUT2D eigenvalue weighted by Crippen LogP contribution is -2.53. The summed E-state index contributed by atoms with van der Waals surface area (Å²) in [4.78, 5) is 24.9. The fourth-order valence-electron chi connectivity index (χ4n) is 2.96. The Balaban J connectivity index is 1.79. The molecule has 0 bridgehead atoms. The van der Waals surface area contributed by atoms with E-state index in [9.17, 15) is 14.7 Å². The number of carbonyl (C=O) groups is 2.